The van der Waals surface area contributed by atoms with Crippen LogP contribution in [0.5, 0.6) is 0 Å². The number of hydrogen-bond donors (Lipinski definition) is 2. The fourth-order valence-electron chi connectivity index (χ4n) is 4.85. The van der Waals surface area contributed by atoms with Crippen LogP contribution in [0.2, 0.25) is 0 Å². The van der Waals surface area contributed by atoms with Gasteiger partial charge < -0.3 is 10.6 Å². The van der Waals surface area contributed by atoms with Crippen molar-refractivity contribution >= 4 is 17.8 Å². The molecular formula is C23H34N4O3. The number of urea groups is 1. The van der Waals surface area contributed by atoms with Gasteiger partial charge in [0.1, 0.15) is 12.1 Å². The number of nitrogens with zero attached hydrogens (tertiary/aromatic N) is 2. The molecule has 1 aliphatic heterocycles. The van der Waals surface area contributed by atoms with Crippen LogP contribution in [-0.4, -0.2) is 59.4 Å². The molecule has 164 valence electrons. The van der Waals surface area contributed by atoms with Gasteiger partial charge >= 0.3 is 6.03 Å². The monoisotopic (exact) mass is 414 g/mol. The van der Waals surface area contributed by atoms with Crippen molar-refractivity contribution in [3.63, 3.8) is 0 Å². The van der Waals surface area contributed by atoms with Gasteiger partial charge in [-0.15, -0.1) is 0 Å². The molecule has 3 unspecified atom stereocenters. The zero-order chi connectivity index (χ0) is 21.7. The summed E-state index contributed by atoms with van der Waals surface area (Å²) in [7, 11) is 0. The second kappa shape index (κ2) is 9.60. The van der Waals surface area contributed by atoms with E-state index < -0.39 is 11.6 Å². The first-order chi connectivity index (χ1) is 14.4. The van der Waals surface area contributed by atoms with Gasteiger partial charge in [0.25, 0.3) is 5.91 Å². The van der Waals surface area contributed by atoms with Crippen LogP contribution in [-0.2, 0) is 9.59 Å². The van der Waals surface area contributed by atoms with Crippen molar-refractivity contribution in [2.45, 2.75) is 58.0 Å². The second-order valence-electron chi connectivity index (χ2n) is 8.39. The lowest BCUT2D eigenvalue weighted by Crippen LogP contribution is -2.54. The van der Waals surface area contributed by atoms with Crippen molar-refractivity contribution in [3.8, 4) is 0 Å². The molecule has 7 nitrogen and oxygen atoms in total. The molecule has 1 saturated carbocycles. The fraction of sp³-hybridized carbons (Fsp3) is 0.609. The molecule has 2 fully saturated rings. The Bertz CT molecular complexity index is 765. The van der Waals surface area contributed by atoms with E-state index in [4.69, 9.17) is 0 Å². The van der Waals surface area contributed by atoms with E-state index in [1.165, 1.54) is 0 Å². The van der Waals surface area contributed by atoms with Gasteiger partial charge in [0.2, 0.25) is 5.91 Å². The fourth-order valence-corrected chi connectivity index (χ4v) is 4.85. The van der Waals surface area contributed by atoms with Crippen LogP contribution in [0.3, 0.4) is 0 Å². The van der Waals surface area contributed by atoms with Gasteiger partial charge in [-0.1, -0.05) is 63.9 Å². The number of carbonyl (C=O) groups excluding carboxylic acids is 3. The lowest BCUT2D eigenvalue weighted by molar-refractivity contribution is -0.137. The van der Waals surface area contributed by atoms with Crippen LogP contribution < -0.4 is 10.6 Å². The Hall–Kier alpha value is -2.41. The predicted molar refractivity (Wildman–Crippen MR) is 116 cm³/mol. The number of likely N-dealkylation sites (N-methyl/N-ethyl adjacent to an activating group) is 1. The third-order valence-electron chi connectivity index (χ3n) is 6.73. The van der Waals surface area contributed by atoms with E-state index in [1.54, 1.807) is 0 Å². The standard InChI is InChI=1S/C23H34N4O3/c1-4-26(5-2)19(18-12-7-6-8-13-18)15-24-20(28)16-27-21(29)23(25-22(27)30)14-10-9-11-17(23)3/h6-8,12-13,17,19H,4-5,9-11,14-16H2,1-3H3,(H,24,28)(H,25,30). The minimum atomic E-state index is -0.830. The minimum Gasteiger partial charge on any atom is -0.353 e. The summed E-state index contributed by atoms with van der Waals surface area (Å²) in [4.78, 5) is 41.6. The molecule has 1 saturated heterocycles. The highest BCUT2D eigenvalue weighted by Crippen LogP contribution is 2.38. The normalized spacial score (nSPS) is 24.9. The molecule has 7 heteroatoms. The summed E-state index contributed by atoms with van der Waals surface area (Å²) < 4.78 is 0. The van der Waals surface area contributed by atoms with Crippen molar-refractivity contribution in [1.29, 1.82) is 0 Å². The molecule has 4 amide bonds. The highest BCUT2D eigenvalue weighted by molar-refractivity contribution is 6.09. The Morgan fingerprint density at radius 2 is 1.93 bits per heavy atom. The van der Waals surface area contributed by atoms with Gasteiger partial charge in [0.15, 0.2) is 0 Å². The molecule has 1 aromatic rings. The molecular weight excluding hydrogens is 380 g/mol. The van der Waals surface area contributed by atoms with Gasteiger partial charge in [-0.2, -0.15) is 0 Å². The van der Waals surface area contributed by atoms with Crippen molar-refractivity contribution in [1.82, 2.24) is 20.4 Å². The number of rotatable bonds is 8. The lowest BCUT2D eigenvalue weighted by Gasteiger charge is -2.36. The summed E-state index contributed by atoms with van der Waals surface area (Å²) in [5.41, 5.74) is 0.301. The Balaban J connectivity index is 1.64. The number of hydrogen-bond acceptors (Lipinski definition) is 4. The maximum atomic E-state index is 13.1. The van der Waals surface area contributed by atoms with Gasteiger partial charge in [-0.05, 0) is 37.4 Å². The van der Waals surface area contributed by atoms with Crippen LogP contribution in [0, 0.1) is 5.92 Å². The number of amides is 4. The highest BCUT2D eigenvalue weighted by atomic mass is 16.2. The van der Waals surface area contributed by atoms with Gasteiger partial charge in [-0.25, -0.2) is 4.79 Å². The number of imide groups is 1. The number of nitrogens with one attached hydrogen (secondary N) is 2. The van der Waals surface area contributed by atoms with Crippen molar-refractivity contribution < 1.29 is 14.4 Å². The lowest BCUT2D eigenvalue weighted by atomic mass is 9.73. The maximum Gasteiger partial charge on any atom is 0.325 e. The summed E-state index contributed by atoms with van der Waals surface area (Å²) in [6.07, 6.45) is 3.54. The molecule has 1 spiro atoms. The van der Waals surface area contributed by atoms with E-state index in [0.717, 1.165) is 42.8 Å². The zero-order valence-electron chi connectivity index (χ0n) is 18.3. The summed E-state index contributed by atoms with van der Waals surface area (Å²) in [6, 6.07) is 9.66. The summed E-state index contributed by atoms with van der Waals surface area (Å²) >= 11 is 0. The molecule has 1 heterocycles. The average molecular weight is 415 g/mol. The van der Waals surface area contributed by atoms with E-state index in [0.29, 0.717) is 13.0 Å². The second-order valence-corrected chi connectivity index (χ2v) is 8.39. The average Bonchev–Trinajstić information content (AvgIpc) is 2.98. The Morgan fingerprint density at radius 3 is 2.57 bits per heavy atom. The zero-order valence-corrected chi connectivity index (χ0v) is 18.3. The van der Waals surface area contributed by atoms with Gasteiger partial charge in [0.05, 0.1) is 6.04 Å². The Kier molecular flexibility index (Phi) is 7.13. The first kappa shape index (κ1) is 22.3. The molecule has 0 bridgehead atoms. The van der Waals surface area contributed by atoms with Crippen molar-refractivity contribution in [3.05, 3.63) is 35.9 Å². The van der Waals surface area contributed by atoms with Crippen LogP contribution >= 0.6 is 0 Å². The number of benzene rings is 1. The van der Waals surface area contributed by atoms with E-state index in [2.05, 4.69) is 41.5 Å². The van der Waals surface area contributed by atoms with E-state index in [-0.39, 0.29) is 30.3 Å². The molecule has 3 rings (SSSR count). The highest BCUT2D eigenvalue weighted by Gasteiger charge is 2.55. The van der Waals surface area contributed by atoms with Gasteiger partial charge in [-0.3, -0.25) is 19.4 Å². The smallest absolute Gasteiger partial charge is 0.325 e. The maximum absolute atomic E-state index is 13.1. The summed E-state index contributed by atoms with van der Waals surface area (Å²) in [6.45, 7) is 8.11. The largest absolute Gasteiger partial charge is 0.353 e. The summed E-state index contributed by atoms with van der Waals surface area (Å²) in [5.74, 6) is -0.480. The Labute approximate surface area is 179 Å². The van der Waals surface area contributed by atoms with E-state index in [9.17, 15) is 14.4 Å². The Morgan fingerprint density at radius 1 is 1.23 bits per heavy atom. The first-order valence-electron chi connectivity index (χ1n) is 11.1. The van der Waals surface area contributed by atoms with Crippen molar-refractivity contribution in [2.75, 3.05) is 26.2 Å². The molecule has 3 atom stereocenters. The van der Waals surface area contributed by atoms with Crippen LogP contribution in [0.1, 0.15) is 58.1 Å². The third kappa shape index (κ3) is 4.36. The molecule has 0 radical (unpaired) electrons. The molecule has 1 aliphatic carbocycles. The SMILES string of the molecule is CCN(CC)C(CNC(=O)CN1C(=O)NC2(CCCCC2C)C1=O)c1ccccc1. The topological polar surface area (TPSA) is 81.8 Å². The summed E-state index contributed by atoms with van der Waals surface area (Å²) in [5, 5.41) is 5.85. The van der Waals surface area contributed by atoms with Crippen LogP contribution in [0.25, 0.3) is 0 Å². The van der Waals surface area contributed by atoms with Gasteiger partial charge in [0, 0.05) is 6.54 Å². The van der Waals surface area contributed by atoms with Crippen molar-refractivity contribution in [2.24, 2.45) is 5.92 Å². The van der Waals surface area contributed by atoms with Crippen LogP contribution in [0.4, 0.5) is 4.79 Å². The van der Waals surface area contributed by atoms with Crippen LogP contribution in [0.15, 0.2) is 30.3 Å². The first-order valence-corrected chi connectivity index (χ1v) is 11.1. The third-order valence-corrected chi connectivity index (χ3v) is 6.73. The molecule has 0 aromatic heterocycles. The molecule has 2 N–H and O–H groups in total. The molecule has 30 heavy (non-hydrogen) atoms. The molecule has 2 aliphatic rings. The number of carbonyl (C=O) groups is 3. The predicted octanol–water partition coefficient (Wildman–Crippen LogP) is 2.69. The minimum absolute atomic E-state index is 0.0398. The molecule has 1 aromatic carbocycles. The van der Waals surface area contributed by atoms with E-state index in [1.807, 2.05) is 25.1 Å². The van der Waals surface area contributed by atoms with E-state index >= 15 is 0 Å². The quantitative estimate of drug-likeness (QED) is 0.641.